The molecular formula is C41H39N3. The highest BCUT2D eigenvalue weighted by Crippen LogP contribution is 2.39. The van der Waals surface area contributed by atoms with Crippen molar-refractivity contribution in [3.63, 3.8) is 0 Å². The van der Waals surface area contributed by atoms with Gasteiger partial charge in [-0.05, 0) is 117 Å². The molecule has 0 spiro atoms. The van der Waals surface area contributed by atoms with Crippen LogP contribution in [0, 0.1) is 34.6 Å². The number of fused-ring (bicyclic) bond motifs is 10. The molecule has 7 aromatic rings. The molecule has 5 aromatic carbocycles. The molecule has 1 aliphatic rings. The Labute approximate surface area is 258 Å². The van der Waals surface area contributed by atoms with Crippen molar-refractivity contribution < 1.29 is 0 Å². The Morgan fingerprint density at radius 1 is 0.636 bits per heavy atom. The summed E-state index contributed by atoms with van der Waals surface area (Å²) >= 11 is 0. The van der Waals surface area contributed by atoms with E-state index in [4.69, 9.17) is 0 Å². The topological polar surface area (TPSA) is 12.6 Å². The second kappa shape index (κ2) is 9.62. The molecule has 0 amide bonds. The molecule has 1 aliphatic heterocycles. The molecule has 8 rings (SSSR count). The fraction of sp³-hybridized carbons (Fsp3) is 0.220. The van der Waals surface area contributed by atoms with Crippen molar-refractivity contribution in [1.29, 1.82) is 0 Å². The largest absolute Gasteiger partial charge is 0.325 e. The molecule has 0 saturated carbocycles. The maximum absolute atomic E-state index is 2.62. The smallest absolute Gasteiger partial charge is 0.108 e. The molecule has 44 heavy (non-hydrogen) atoms. The van der Waals surface area contributed by atoms with E-state index in [-0.39, 0.29) is 6.17 Å². The molecular weight excluding hydrogens is 534 g/mol. The minimum atomic E-state index is 0.0729. The number of hydrogen-bond acceptors (Lipinski definition) is 1. The van der Waals surface area contributed by atoms with Gasteiger partial charge in [-0.25, -0.2) is 0 Å². The van der Waals surface area contributed by atoms with Gasteiger partial charge in [0.15, 0.2) is 0 Å². The van der Waals surface area contributed by atoms with Crippen molar-refractivity contribution in [2.45, 2.75) is 61.1 Å². The van der Waals surface area contributed by atoms with Gasteiger partial charge < -0.3 is 13.9 Å². The first kappa shape index (κ1) is 26.8. The average Bonchev–Trinajstić information content (AvgIpc) is 3.51. The van der Waals surface area contributed by atoms with Crippen molar-refractivity contribution in [3.8, 4) is 0 Å². The summed E-state index contributed by atoms with van der Waals surface area (Å²) < 4.78 is 5.18. The number of nitrogens with zero attached hydrogens (tertiary/aromatic N) is 3. The summed E-state index contributed by atoms with van der Waals surface area (Å²) in [6.07, 6.45) is 3.52. The van der Waals surface area contributed by atoms with E-state index in [9.17, 15) is 0 Å². The number of rotatable bonds is 2. The quantitative estimate of drug-likeness (QED) is 0.200. The summed E-state index contributed by atoms with van der Waals surface area (Å²) in [7, 11) is 0. The SMILES string of the molecule is CCc1cccc(N2C=c3c4c(C)cccc4c4cc(C)cc5c6ccccc6n(c6cc(C)cc(C)c6n3[C@@H]2C)c45)c1C. The first-order valence-corrected chi connectivity index (χ1v) is 15.9. The van der Waals surface area contributed by atoms with Crippen molar-refractivity contribution in [2.24, 2.45) is 0 Å². The van der Waals surface area contributed by atoms with E-state index in [1.807, 2.05) is 0 Å². The van der Waals surface area contributed by atoms with Crippen LogP contribution in [0.2, 0.25) is 0 Å². The van der Waals surface area contributed by atoms with E-state index in [0.717, 1.165) is 6.42 Å². The van der Waals surface area contributed by atoms with Gasteiger partial charge in [0.25, 0.3) is 0 Å². The van der Waals surface area contributed by atoms with Crippen LogP contribution in [0.5, 0.6) is 0 Å². The van der Waals surface area contributed by atoms with Crippen LogP contribution < -0.4 is 10.2 Å². The van der Waals surface area contributed by atoms with Gasteiger partial charge >= 0.3 is 0 Å². The minimum absolute atomic E-state index is 0.0729. The Balaban J connectivity index is 1.73. The third kappa shape index (κ3) is 3.62. The second-order valence-corrected chi connectivity index (χ2v) is 12.8. The van der Waals surface area contributed by atoms with Gasteiger partial charge in [-0.3, -0.25) is 0 Å². The fourth-order valence-electron chi connectivity index (χ4n) is 8.07. The Kier molecular flexibility index (Phi) is 5.87. The molecule has 0 radical (unpaired) electrons. The molecule has 1 atom stereocenters. The number of hydrogen-bond donors (Lipinski definition) is 0. The lowest BCUT2D eigenvalue weighted by molar-refractivity contribution is 0.595. The Bertz CT molecular complexity index is 2450. The molecule has 3 heterocycles. The van der Waals surface area contributed by atoms with E-state index in [0.29, 0.717) is 0 Å². The molecule has 0 saturated heterocycles. The Morgan fingerprint density at radius 2 is 1.34 bits per heavy atom. The second-order valence-electron chi connectivity index (χ2n) is 12.8. The molecule has 0 unspecified atom stereocenters. The number of anilines is 1. The third-order valence-electron chi connectivity index (χ3n) is 10.0. The highest BCUT2D eigenvalue weighted by molar-refractivity contribution is 6.20. The van der Waals surface area contributed by atoms with E-state index in [2.05, 4.69) is 153 Å². The highest BCUT2D eigenvalue weighted by atomic mass is 15.3. The summed E-state index contributed by atoms with van der Waals surface area (Å²) in [6, 6.07) is 32.1. The van der Waals surface area contributed by atoms with Gasteiger partial charge in [0.05, 0.1) is 27.4 Å². The molecule has 0 fully saturated rings. The zero-order chi connectivity index (χ0) is 30.4. The van der Waals surface area contributed by atoms with Gasteiger partial charge in [0.1, 0.15) is 6.17 Å². The Hall–Kier alpha value is -4.76. The normalized spacial score (nSPS) is 14.7. The fourth-order valence-corrected chi connectivity index (χ4v) is 8.07. The van der Waals surface area contributed by atoms with E-state index in [1.54, 1.807) is 0 Å². The number of benzene rings is 5. The highest BCUT2D eigenvalue weighted by Gasteiger charge is 2.26. The lowest BCUT2D eigenvalue weighted by atomic mass is 10.0. The molecule has 2 aromatic heterocycles. The molecule has 0 bridgehead atoms. The molecule has 0 aliphatic carbocycles. The molecule has 0 N–H and O–H groups in total. The lowest BCUT2D eigenvalue weighted by Crippen LogP contribution is -2.24. The summed E-state index contributed by atoms with van der Waals surface area (Å²) in [5, 5.41) is 7.75. The van der Waals surface area contributed by atoms with Gasteiger partial charge in [-0.15, -0.1) is 0 Å². The zero-order valence-electron chi connectivity index (χ0n) is 26.8. The van der Waals surface area contributed by atoms with Crippen molar-refractivity contribution >= 4 is 60.9 Å². The van der Waals surface area contributed by atoms with Crippen LogP contribution >= 0.6 is 0 Å². The molecule has 218 valence electrons. The number of aryl methyl sites for hydroxylation is 5. The summed E-state index contributed by atoms with van der Waals surface area (Å²) in [5.41, 5.74) is 14.2. The van der Waals surface area contributed by atoms with E-state index < -0.39 is 0 Å². The van der Waals surface area contributed by atoms with Crippen LogP contribution in [-0.2, 0) is 6.42 Å². The molecule has 3 heteroatoms. The van der Waals surface area contributed by atoms with Crippen molar-refractivity contribution in [2.75, 3.05) is 4.90 Å². The van der Waals surface area contributed by atoms with E-state index in [1.165, 1.54) is 93.4 Å². The average molecular weight is 574 g/mol. The van der Waals surface area contributed by atoms with Crippen LogP contribution in [0.25, 0.3) is 55.2 Å². The van der Waals surface area contributed by atoms with Gasteiger partial charge in [-0.2, -0.15) is 0 Å². The van der Waals surface area contributed by atoms with Crippen LogP contribution in [0.15, 0.2) is 84.9 Å². The maximum Gasteiger partial charge on any atom is 0.108 e. The first-order chi connectivity index (χ1) is 21.3. The first-order valence-electron chi connectivity index (χ1n) is 15.9. The predicted octanol–water partition coefficient (Wildman–Crippen LogP) is 10.1. The van der Waals surface area contributed by atoms with Crippen LogP contribution in [-0.4, -0.2) is 8.97 Å². The minimum Gasteiger partial charge on any atom is -0.325 e. The van der Waals surface area contributed by atoms with Crippen molar-refractivity contribution in [1.82, 2.24) is 8.97 Å². The zero-order valence-corrected chi connectivity index (χ0v) is 26.8. The predicted molar refractivity (Wildman–Crippen MR) is 189 cm³/mol. The van der Waals surface area contributed by atoms with Crippen LogP contribution in [0.4, 0.5) is 5.69 Å². The standard InChI is InChI=1S/C41H39N3/c1-8-30-14-12-18-35(28(30)6)42-23-38-39-26(4)13-11-16-32(39)34-21-25(3)20-33-31-15-9-10-17-36(31)44(41(33)34)37-22-24(2)19-27(5)40(37)43(38)29(42)7/h9-23,29H,8H2,1-7H3/t29-/m1/s1. The number of aromatic nitrogens is 2. The lowest BCUT2D eigenvalue weighted by Gasteiger charge is -2.28. The van der Waals surface area contributed by atoms with Gasteiger partial charge in [-0.1, -0.05) is 61.5 Å². The monoisotopic (exact) mass is 573 g/mol. The maximum atomic E-state index is 2.62. The third-order valence-corrected chi connectivity index (χ3v) is 10.0. The molecule has 3 nitrogen and oxygen atoms in total. The van der Waals surface area contributed by atoms with E-state index >= 15 is 0 Å². The summed E-state index contributed by atoms with van der Waals surface area (Å²) in [6.45, 7) is 15.9. The Morgan fingerprint density at radius 3 is 2.14 bits per heavy atom. The van der Waals surface area contributed by atoms with Crippen LogP contribution in [0.3, 0.4) is 0 Å². The number of para-hydroxylation sites is 1. The van der Waals surface area contributed by atoms with Crippen LogP contribution in [0.1, 0.15) is 53.4 Å². The summed E-state index contributed by atoms with van der Waals surface area (Å²) in [4.78, 5) is 2.51. The van der Waals surface area contributed by atoms with Crippen molar-refractivity contribution in [3.05, 3.63) is 124 Å². The van der Waals surface area contributed by atoms with Gasteiger partial charge in [0.2, 0.25) is 0 Å². The van der Waals surface area contributed by atoms with Gasteiger partial charge in [0, 0.05) is 33.4 Å². The summed E-state index contributed by atoms with van der Waals surface area (Å²) in [5.74, 6) is 0.